The molecule has 0 saturated heterocycles. The first-order valence-corrected chi connectivity index (χ1v) is 6.07. The maximum Gasteiger partial charge on any atom is 0.216 e. The minimum absolute atomic E-state index is 0.0644. The van der Waals surface area contributed by atoms with Crippen molar-refractivity contribution in [3.63, 3.8) is 0 Å². The first-order chi connectivity index (χ1) is 9.70. The van der Waals surface area contributed by atoms with E-state index in [2.05, 4.69) is 25.9 Å². The van der Waals surface area contributed by atoms with Crippen LogP contribution in [0.4, 0.5) is 5.69 Å². The molecule has 0 fully saturated rings. The summed E-state index contributed by atoms with van der Waals surface area (Å²) < 4.78 is 5.68. The average Bonchev–Trinajstić information content (AvgIpc) is 2.95. The van der Waals surface area contributed by atoms with Gasteiger partial charge in [0, 0.05) is 6.20 Å². The van der Waals surface area contributed by atoms with E-state index in [1.807, 2.05) is 44.2 Å². The van der Waals surface area contributed by atoms with E-state index < -0.39 is 0 Å². The van der Waals surface area contributed by atoms with Gasteiger partial charge in [0.1, 0.15) is 17.4 Å². The number of nitrogens with one attached hydrogen (secondary N) is 2. The number of para-hydroxylation sites is 2. The van der Waals surface area contributed by atoms with Gasteiger partial charge in [-0.15, -0.1) is 10.2 Å². The Morgan fingerprint density at radius 2 is 2.25 bits per heavy atom. The van der Waals surface area contributed by atoms with Crippen LogP contribution in [0.5, 0.6) is 5.75 Å². The van der Waals surface area contributed by atoms with Gasteiger partial charge in [-0.25, -0.2) is 0 Å². The normalized spacial score (nSPS) is 11.2. The van der Waals surface area contributed by atoms with Crippen LogP contribution in [-0.4, -0.2) is 26.7 Å². The van der Waals surface area contributed by atoms with Gasteiger partial charge < -0.3 is 10.1 Å². The summed E-state index contributed by atoms with van der Waals surface area (Å²) in [6.07, 6.45) is 1.59. The van der Waals surface area contributed by atoms with E-state index in [-0.39, 0.29) is 17.5 Å². The van der Waals surface area contributed by atoms with Gasteiger partial charge in [-0.1, -0.05) is 12.1 Å². The largest absolute Gasteiger partial charge is 0.489 e. The molecule has 1 aromatic carbocycles. The van der Waals surface area contributed by atoms with Crippen molar-refractivity contribution in [1.29, 1.82) is 5.26 Å². The average molecular weight is 270 g/mol. The molecule has 0 radical (unpaired) electrons. The van der Waals surface area contributed by atoms with Crippen molar-refractivity contribution >= 4 is 11.3 Å². The third-order valence-corrected chi connectivity index (χ3v) is 2.33. The second kappa shape index (κ2) is 6.33. The first kappa shape index (κ1) is 13.5. The fourth-order valence-corrected chi connectivity index (χ4v) is 1.52. The number of anilines is 1. The van der Waals surface area contributed by atoms with Gasteiger partial charge in [-0.3, -0.25) is 0 Å². The van der Waals surface area contributed by atoms with Gasteiger partial charge in [-0.05, 0) is 31.2 Å². The number of nitrogens with zero attached hydrogens (tertiary/aromatic N) is 4. The smallest absolute Gasteiger partial charge is 0.216 e. The third-order valence-electron chi connectivity index (χ3n) is 2.33. The molecule has 0 aliphatic carbocycles. The Kier molecular flexibility index (Phi) is 4.29. The SMILES string of the molecule is CC(C)Oc1ccccc1NC=C(C#N)c1nn[nH]n1. The van der Waals surface area contributed by atoms with E-state index in [9.17, 15) is 0 Å². The van der Waals surface area contributed by atoms with Crippen molar-refractivity contribution in [2.75, 3.05) is 5.32 Å². The summed E-state index contributed by atoms with van der Waals surface area (Å²) in [5.41, 5.74) is 1.04. The van der Waals surface area contributed by atoms with Crippen molar-refractivity contribution in [3.05, 3.63) is 36.3 Å². The van der Waals surface area contributed by atoms with Gasteiger partial charge in [-0.2, -0.15) is 10.5 Å². The molecule has 20 heavy (non-hydrogen) atoms. The third kappa shape index (κ3) is 3.32. The summed E-state index contributed by atoms with van der Waals surface area (Å²) in [4.78, 5) is 0. The van der Waals surface area contributed by atoms with Crippen molar-refractivity contribution < 1.29 is 4.74 Å². The highest BCUT2D eigenvalue weighted by atomic mass is 16.5. The second-order valence-corrected chi connectivity index (χ2v) is 4.21. The predicted molar refractivity (Wildman–Crippen MR) is 73.6 cm³/mol. The Balaban J connectivity index is 2.20. The zero-order valence-electron chi connectivity index (χ0n) is 11.2. The van der Waals surface area contributed by atoms with Gasteiger partial charge in [0.25, 0.3) is 0 Å². The van der Waals surface area contributed by atoms with E-state index >= 15 is 0 Å². The number of H-pyrrole nitrogens is 1. The number of hydrogen-bond donors (Lipinski definition) is 2. The van der Waals surface area contributed by atoms with Crippen molar-refractivity contribution in [2.24, 2.45) is 0 Å². The van der Waals surface area contributed by atoms with Crippen molar-refractivity contribution in [3.8, 4) is 11.8 Å². The van der Waals surface area contributed by atoms with Crippen LogP contribution in [0.3, 0.4) is 0 Å². The molecule has 0 spiro atoms. The molecule has 0 aliphatic rings. The molecule has 102 valence electrons. The number of benzene rings is 1. The zero-order chi connectivity index (χ0) is 14.4. The molecule has 1 heterocycles. The molecule has 7 heteroatoms. The molecule has 0 unspecified atom stereocenters. The summed E-state index contributed by atoms with van der Waals surface area (Å²) in [6, 6.07) is 9.49. The number of tetrazole rings is 1. The Labute approximate surface area is 116 Å². The molecule has 0 bridgehead atoms. The van der Waals surface area contributed by atoms with Gasteiger partial charge in [0.15, 0.2) is 0 Å². The lowest BCUT2D eigenvalue weighted by atomic mass is 10.2. The van der Waals surface area contributed by atoms with Crippen molar-refractivity contribution in [2.45, 2.75) is 20.0 Å². The number of aromatic nitrogens is 4. The van der Waals surface area contributed by atoms with Gasteiger partial charge in [0.2, 0.25) is 5.82 Å². The molecule has 2 aromatic rings. The van der Waals surface area contributed by atoms with Crippen LogP contribution in [0.2, 0.25) is 0 Å². The number of ether oxygens (including phenoxy) is 1. The van der Waals surface area contributed by atoms with Crippen LogP contribution in [0.25, 0.3) is 5.57 Å². The van der Waals surface area contributed by atoms with E-state index in [0.717, 1.165) is 5.69 Å². The molecule has 2 N–H and O–H groups in total. The molecule has 0 saturated carbocycles. The molecular formula is C13H14N6O. The Hall–Kier alpha value is -2.88. The van der Waals surface area contributed by atoms with Crippen LogP contribution >= 0.6 is 0 Å². The lowest BCUT2D eigenvalue weighted by Gasteiger charge is -2.13. The summed E-state index contributed by atoms with van der Waals surface area (Å²) in [5, 5.41) is 25.4. The van der Waals surface area contributed by atoms with Crippen LogP contribution in [0, 0.1) is 11.3 Å². The van der Waals surface area contributed by atoms with Crippen LogP contribution in [-0.2, 0) is 0 Å². The van der Waals surface area contributed by atoms with Gasteiger partial charge >= 0.3 is 0 Å². The predicted octanol–water partition coefficient (Wildman–Crippen LogP) is 1.96. The molecule has 0 aliphatic heterocycles. The Bertz CT molecular complexity index is 627. The maximum atomic E-state index is 9.08. The number of hydrogen-bond acceptors (Lipinski definition) is 6. The van der Waals surface area contributed by atoms with E-state index in [1.54, 1.807) is 0 Å². The fraction of sp³-hybridized carbons (Fsp3) is 0.231. The van der Waals surface area contributed by atoms with Crippen molar-refractivity contribution in [1.82, 2.24) is 20.6 Å². The highest BCUT2D eigenvalue weighted by Crippen LogP contribution is 2.25. The lowest BCUT2D eigenvalue weighted by molar-refractivity contribution is 0.244. The van der Waals surface area contributed by atoms with E-state index in [1.165, 1.54) is 6.20 Å². The molecule has 7 nitrogen and oxygen atoms in total. The second-order valence-electron chi connectivity index (χ2n) is 4.21. The number of aromatic amines is 1. The van der Waals surface area contributed by atoms with Crippen LogP contribution < -0.4 is 10.1 Å². The summed E-state index contributed by atoms with van der Waals surface area (Å²) in [7, 11) is 0. The first-order valence-electron chi connectivity index (χ1n) is 6.07. The zero-order valence-corrected chi connectivity index (χ0v) is 11.2. The highest BCUT2D eigenvalue weighted by molar-refractivity contribution is 5.74. The Morgan fingerprint density at radius 3 is 2.90 bits per heavy atom. The fourth-order valence-electron chi connectivity index (χ4n) is 1.52. The van der Waals surface area contributed by atoms with Gasteiger partial charge in [0.05, 0.1) is 11.8 Å². The standard InChI is InChI=1S/C13H14N6O/c1-9(2)20-12-6-4-3-5-11(12)15-8-10(7-14)13-16-18-19-17-13/h3-6,8-9,15H,1-2H3,(H,16,17,18,19). The summed E-state index contributed by atoms with van der Waals surface area (Å²) >= 11 is 0. The lowest BCUT2D eigenvalue weighted by Crippen LogP contribution is -2.07. The number of rotatable bonds is 5. The minimum Gasteiger partial charge on any atom is -0.489 e. The summed E-state index contributed by atoms with van der Waals surface area (Å²) in [5.74, 6) is 0.950. The maximum absolute atomic E-state index is 9.08. The molecular weight excluding hydrogens is 256 g/mol. The quantitative estimate of drug-likeness (QED) is 0.806. The molecule has 0 amide bonds. The number of allylic oxidation sites excluding steroid dienone is 1. The topological polar surface area (TPSA) is 99.5 Å². The molecule has 2 rings (SSSR count). The van der Waals surface area contributed by atoms with Crippen LogP contribution in [0.15, 0.2) is 30.5 Å². The van der Waals surface area contributed by atoms with Crippen LogP contribution in [0.1, 0.15) is 19.7 Å². The number of nitriles is 1. The van der Waals surface area contributed by atoms with E-state index in [4.69, 9.17) is 10.00 Å². The highest BCUT2D eigenvalue weighted by Gasteiger charge is 2.07. The summed E-state index contributed by atoms with van der Waals surface area (Å²) in [6.45, 7) is 3.90. The molecule has 1 aromatic heterocycles. The Morgan fingerprint density at radius 1 is 1.45 bits per heavy atom. The minimum atomic E-state index is 0.0644. The van der Waals surface area contributed by atoms with E-state index in [0.29, 0.717) is 5.75 Å². The molecule has 0 atom stereocenters. The monoisotopic (exact) mass is 270 g/mol.